The minimum Gasteiger partial charge on any atom is -0.506 e. The van der Waals surface area contributed by atoms with Crippen molar-refractivity contribution in [3.63, 3.8) is 0 Å². The lowest BCUT2D eigenvalue weighted by molar-refractivity contribution is 0.0782. The van der Waals surface area contributed by atoms with Crippen LogP contribution in [0, 0.1) is 0 Å². The van der Waals surface area contributed by atoms with Crippen LogP contribution in [0.25, 0.3) is 0 Å². The number of likely N-dealkylation sites (N-methyl/N-ethyl adjacent to an activating group) is 1. The summed E-state index contributed by atoms with van der Waals surface area (Å²) < 4.78 is 0. The monoisotopic (exact) mass is 380 g/mol. The van der Waals surface area contributed by atoms with E-state index < -0.39 is 0 Å². The van der Waals surface area contributed by atoms with Crippen LogP contribution in [0.2, 0.25) is 0 Å². The summed E-state index contributed by atoms with van der Waals surface area (Å²) in [7, 11) is 2.11. The number of nitrogens with zero attached hydrogens (tertiary/aromatic N) is 3. The van der Waals surface area contributed by atoms with Crippen LogP contribution in [0.1, 0.15) is 38.4 Å². The molecule has 0 spiro atoms. The summed E-state index contributed by atoms with van der Waals surface area (Å²) in [6.45, 7) is 3.04. The van der Waals surface area contributed by atoms with Gasteiger partial charge in [0.2, 0.25) is 0 Å². The van der Waals surface area contributed by atoms with Crippen LogP contribution >= 0.6 is 0 Å². The van der Waals surface area contributed by atoms with Gasteiger partial charge in [0, 0.05) is 37.8 Å². The number of amides is 2. The van der Waals surface area contributed by atoms with E-state index in [4.69, 9.17) is 0 Å². The van der Waals surface area contributed by atoms with Gasteiger partial charge in [-0.2, -0.15) is 0 Å². The molecule has 28 heavy (non-hydrogen) atoms. The normalized spacial score (nSPS) is 19.3. The van der Waals surface area contributed by atoms with Crippen LogP contribution in [0.15, 0.2) is 36.5 Å². The van der Waals surface area contributed by atoms with Crippen molar-refractivity contribution in [1.29, 1.82) is 0 Å². The largest absolute Gasteiger partial charge is 0.506 e. The number of hydrogen-bond acceptors (Lipinski definition) is 5. The Labute approximate surface area is 164 Å². The highest BCUT2D eigenvalue weighted by atomic mass is 16.3. The maximum Gasteiger partial charge on any atom is 0.270 e. The molecule has 146 valence electrons. The average Bonchev–Trinajstić information content (AvgIpc) is 3.16. The standard InChI is InChI=1S/C21H24N4O3/c1-24-8-6-14-10-15(2-3-16(14)12-24)21(28)25-9-7-17(13-25)23-20(27)19-5-4-18(26)11-22-19/h2-5,10-11,17,26H,6-9,12-13H2,1H3,(H,23,27). The first-order valence-electron chi connectivity index (χ1n) is 9.55. The molecule has 0 aliphatic carbocycles. The van der Waals surface area contributed by atoms with Gasteiger partial charge in [0.05, 0.1) is 6.20 Å². The molecule has 7 heteroatoms. The Bertz CT molecular complexity index is 897. The van der Waals surface area contributed by atoms with Gasteiger partial charge in [0.1, 0.15) is 11.4 Å². The summed E-state index contributed by atoms with van der Waals surface area (Å²) in [4.78, 5) is 33.2. The second-order valence-corrected chi connectivity index (χ2v) is 7.58. The third kappa shape index (κ3) is 3.84. The summed E-state index contributed by atoms with van der Waals surface area (Å²) in [6.07, 6.45) is 2.92. The van der Waals surface area contributed by atoms with Crippen molar-refractivity contribution >= 4 is 11.8 Å². The van der Waals surface area contributed by atoms with Crippen molar-refractivity contribution in [2.45, 2.75) is 25.4 Å². The fraction of sp³-hybridized carbons (Fsp3) is 0.381. The van der Waals surface area contributed by atoms with Crippen LogP contribution in [0.4, 0.5) is 0 Å². The number of fused-ring (bicyclic) bond motifs is 1. The van der Waals surface area contributed by atoms with E-state index in [0.717, 1.165) is 25.1 Å². The molecule has 1 unspecified atom stereocenters. The Morgan fingerprint density at radius 3 is 2.82 bits per heavy atom. The molecule has 3 heterocycles. The number of pyridine rings is 1. The molecular formula is C21H24N4O3. The summed E-state index contributed by atoms with van der Waals surface area (Å²) in [5.41, 5.74) is 3.52. The van der Waals surface area contributed by atoms with Crippen molar-refractivity contribution < 1.29 is 14.7 Å². The van der Waals surface area contributed by atoms with Crippen LogP contribution in [0.5, 0.6) is 5.75 Å². The minimum atomic E-state index is -0.294. The SMILES string of the molecule is CN1CCc2cc(C(=O)N3CCC(NC(=O)c4ccc(O)cn4)C3)ccc2C1. The van der Waals surface area contributed by atoms with E-state index >= 15 is 0 Å². The Morgan fingerprint density at radius 2 is 2.04 bits per heavy atom. The number of carbonyl (C=O) groups is 2. The highest BCUT2D eigenvalue weighted by Crippen LogP contribution is 2.21. The topological polar surface area (TPSA) is 85.8 Å². The lowest BCUT2D eigenvalue weighted by atomic mass is 9.97. The molecule has 0 radical (unpaired) electrons. The first-order valence-corrected chi connectivity index (χ1v) is 9.55. The van der Waals surface area contributed by atoms with Gasteiger partial charge >= 0.3 is 0 Å². The van der Waals surface area contributed by atoms with Gasteiger partial charge < -0.3 is 20.2 Å². The van der Waals surface area contributed by atoms with E-state index in [0.29, 0.717) is 19.5 Å². The number of aromatic hydroxyl groups is 1. The van der Waals surface area contributed by atoms with Crippen LogP contribution in [-0.4, -0.2) is 64.4 Å². The molecule has 1 aromatic carbocycles. The summed E-state index contributed by atoms with van der Waals surface area (Å²) in [5.74, 6) is -0.260. The van der Waals surface area contributed by atoms with E-state index in [1.165, 1.54) is 29.5 Å². The van der Waals surface area contributed by atoms with E-state index in [2.05, 4.69) is 28.3 Å². The van der Waals surface area contributed by atoms with E-state index in [-0.39, 0.29) is 29.3 Å². The second kappa shape index (κ2) is 7.59. The summed E-state index contributed by atoms with van der Waals surface area (Å²) in [6, 6.07) is 8.80. The van der Waals surface area contributed by atoms with Crippen molar-refractivity contribution in [3.8, 4) is 5.75 Å². The molecule has 2 aliphatic rings. The molecule has 2 amide bonds. The van der Waals surface area contributed by atoms with Crippen molar-refractivity contribution in [2.24, 2.45) is 0 Å². The molecule has 1 atom stereocenters. The minimum absolute atomic E-state index is 0.0150. The fourth-order valence-electron chi connectivity index (χ4n) is 3.85. The zero-order valence-electron chi connectivity index (χ0n) is 15.9. The van der Waals surface area contributed by atoms with Gasteiger partial charge in [0.25, 0.3) is 11.8 Å². The van der Waals surface area contributed by atoms with E-state index in [9.17, 15) is 14.7 Å². The van der Waals surface area contributed by atoms with Crippen LogP contribution in [0.3, 0.4) is 0 Å². The summed E-state index contributed by atoms with van der Waals surface area (Å²) in [5, 5.41) is 12.2. The fourth-order valence-corrected chi connectivity index (χ4v) is 3.85. The third-order valence-corrected chi connectivity index (χ3v) is 5.45. The smallest absolute Gasteiger partial charge is 0.270 e. The Balaban J connectivity index is 1.38. The van der Waals surface area contributed by atoms with Gasteiger partial charge in [-0.25, -0.2) is 4.98 Å². The highest BCUT2D eigenvalue weighted by molar-refractivity contribution is 5.95. The molecule has 2 aliphatic heterocycles. The number of nitrogens with one attached hydrogen (secondary N) is 1. The van der Waals surface area contributed by atoms with Gasteiger partial charge in [0.15, 0.2) is 0 Å². The number of likely N-dealkylation sites (tertiary alicyclic amines) is 1. The van der Waals surface area contributed by atoms with Gasteiger partial charge in [-0.1, -0.05) is 6.07 Å². The molecule has 1 aromatic heterocycles. The number of carbonyl (C=O) groups excluding carboxylic acids is 2. The number of benzene rings is 1. The maximum absolute atomic E-state index is 12.9. The number of rotatable bonds is 3. The molecule has 7 nitrogen and oxygen atoms in total. The van der Waals surface area contributed by atoms with E-state index in [1.54, 1.807) is 4.90 Å². The molecule has 1 fully saturated rings. The van der Waals surface area contributed by atoms with Gasteiger partial charge in [-0.3, -0.25) is 9.59 Å². The van der Waals surface area contributed by atoms with Crippen molar-refractivity contribution in [3.05, 3.63) is 58.9 Å². The maximum atomic E-state index is 12.9. The van der Waals surface area contributed by atoms with Crippen LogP contribution in [-0.2, 0) is 13.0 Å². The summed E-state index contributed by atoms with van der Waals surface area (Å²) >= 11 is 0. The highest BCUT2D eigenvalue weighted by Gasteiger charge is 2.29. The zero-order valence-corrected chi connectivity index (χ0v) is 15.9. The first-order chi connectivity index (χ1) is 13.5. The molecule has 4 rings (SSSR count). The first kappa shape index (κ1) is 18.4. The predicted octanol–water partition coefficient (Wildman–Crippen LogP) is 1.42. The Morgan fingerprint density at radius 1 is 1.18 bits per heavy atom. The second-order valence-electron chi connectivity index (χ2n) is 7.58. The quantitative estimate of drug-likeness (QED) is 0.841. The number of hydrogen-bond donors (Lipinski definition) is 2. The van der Waals surface area contributed by atoms with Crippen molar-refractivity contribution in [2.75, 3.05) is 26.7 Å². The van der Waals surface area contributed by atoms with Crippen molar-refractivity contribution in [1.82, 2.24) is 20.1 Å². The molecule has 0 saturated carbocycles. The van der Waals surface area contributed by atoms with Gasteiger partial charge in [-0.05, 0) is 55.3 Å². The zero-order chi connectivity index (χ0) is 19.7. The Kier molecular flexibility index (Phi) is 5.00. The molecule has 1 saturated heterocycles. The predicted molar refractivity (Wildman–Crippen MR) is 104 cm³/mol. The lowest BCUT2D eigenvalue weighted by Crippen LogP contribution is -2.38. The third-order valence-electron chi connectivity index (χ3n) is 5.45. The average molecular weight is 380 g/mol. The lowest BCUT2D eigenvalue weighted by Gasteiger charge is -2.25. The van der Waals surface area contributed by atoms with Gasteiger partial charge in [-0.15, -0.1) is 0 Å². The number of aromatic nitrogens is 1. The van der Waals surface area contributed by atoms with Crippen LogP contribution < -0.4 is 5.32 Å². The molecule has 2 aromatic rings. The van der Waals surface area contributed by atoms with E-state index in [1.807, 2.05) is 12.1 Å². The molecular weight excluding hydrogens is 356 g/mol. The molecule has 0 bridgehead atoms. The Hall–Kier alpha value is -2.93. The molecule has 2 N–H and O–H groups in total.